The molecule has 0 aromatic carbocycles. The normalized spacial score (nSPS) is 27.2. The van der Waals surface area contributed by atoms with Crippen LogP contribution in [0.1, 0.15) is 46.5 Å². The van der Waals surface area contributed by atoms with Crippen molar-refractivity contribution in [2.75, 3.05) is 0 Å². The third kappa shape index (κ3) is 2.45. The predicted octanol–water partition coefficient (Wildman–Crippen LogP) is 2.76. The quantitative estimate of drug-likeness (QED) is 0.485. The van der Waals surface area contributed by atoms with E-state index in [0.29, 0.717) is 5.92 Å². The highest BCUT2D eigenvalue weighted by atomic mass is 16.6. The Hall–Kier alpha value is -0.530. The van der Waals surface area contributed by atoms with Crippen LogP contribution in [-0.2, 0) is 9.53 Å². The summed E-state index contributed by atoms with van der Waals surface area (Å²) in [6, 6.07) is 0. The van der Waals surface area contributed by atoms with Gasteiger partial charge in [0.05, 0.1) is 5.92 Å². The summed E-state index contributed by atoms with van der Waals surface area (Å²) >= 11 is 0. The molecule has 0 spiro atoms. The summed E-state index contributed by atoms with van der Waals surface area (Å²) in [7, 11) is 0. The SMILES string of the molecule is CCCCCC1C(=O)OC1C(C)C. The standard InChI is InChI=1S/C11H20O2/c1-4-5-6-7-9-10(8(2)3)13-11(9)12/h8-10H,4-7H2,1-3H3. The Kier molecular flexibility index (Phi) is 3.76. The van der Waals surface area contributed by atoms with Crippen molar-refractivity contribution < 1.29 is 9.53 Å². The molecule has 0 amide bonds. The highest BCUT2D eigenvalue weighted by Crippen LogP contribution is 2.32. The monoisotopic (exact) mass is 184 g/mol. The minimum atomic E-state index is 0.0230. The minimum absolute atomic E-state index is 0.0230. The number of carbonyl (C=O) groups excluding carboxylic acids is 1. The summed E-state index contributed by atoms with van der Waals surface area (Å²) in [5, 5.41) is 0. The van der Waals surface area contributed by atoms with Gasteiger partial charge in [0.1, 0.15) is 6.10 Å². The lowest BCUT2D eigenvalue weighted by Crippen LogP contribution is -2.48. The number of hydrogen-bond acceptors (Lipinski definition) is 2. The Balaban J connectivity index is 2.26. The summed E-state index contributed by atoms with van der Waals surface area (Å²) < 4.78 is 5.10. The third-order valence-corrected chi connectivity index (χ3v) is 2.73. The summed E-state index contributed by atoms with van der Waals surface area (Å²) in [5.74, 6) is 0.700. The van der Waals surface area contributed by atoms with Gasteiger partial charge < -0.3 is 4.74 Å². The van der Waals surface area contributed by atoms with Crippen LogP contribution < -0.4 is 0 Å². The molecule has 0 N–H and O–H groups in total. The largest absolute Gasteiger partial charge is 0.461 e. The van der Waals surface area contributed by atoms with E-state index < -0.39 is 0 Å². The average Bonchev–Trinajstić information content (AvgIpc) is 2.07. The number of esters is 1. The lowest BCUT2D eigenvalue weighted by Gasteiger charge is -2.37. The van der Waals surface area contributed by atoms with Gasteiger partial charge in [0, 0.05) is 0 Å². The second-order valence-electron chi connectivity index (χ2n) is 4.25. The summed E-state index contributed by atoms with van der Waals surface area (Å²) in [6.45, 7) is 6.41. The van der Waals surface area contributed by atoms with Crippen molar-refractivity contribution in [3.05, 3.63) is 0 Å². The van der Waals surface area contributed by atoms with Gasteiger partial charge in [-0.05, 0) is 12.3 Å². The zero-order chi connectivity index (χ0) is 9.84. The van der Waals surface area contributed by atoms with Crippen LogP contribution in [0.15, 0.2) is 0 Å². The van der Waals surface area contributed by atoms with E-state index in [1.807, 2.05) is 0 Å². The number of cyclic esters (lactones) is 1. The van der Waals surface area contributed by atoms with Crippen molar-refractivity contribution in [1.82, 2.24) is 0 Å². The van der Waals surface area contributed by atoms with Crippen LogP contribution in [0, 0.1) is 11.8 Å². The van der Waals surface area contributed by atoms with Crippen LogP contribution in [-0.4, -0.2) is 12.1 Å². The van der Waals surface area contributed by atoms with Gasteiger partial charge in [-0.25, -0.2) is 0 Å². The van der Waals surface area contributed by atoms with E-state index in [1.165, 1.54) is 19.3 Å². The molecule has 1 saturated heterocycles. The van der Waals surface area contributed by atoms with E-state index in [2.05, 4.69) is 20.8 Å². The Labute approximate surface area is 80.7 Å². The van der Waals surface area contributed by atoms with Crippen molar-refractivity contribution in [1.29, 1.82) is 0 Å². The maximum atomic E-state index is 11.1. The van der Waals surface area contributed by atoms with Gasteiger partial charge in [0.25, 0.3) is 0 Å². The Morgan fingerprint density at radius 1 is 1.38 bits per heavy atom. The first-order valence-corrected chi connectivity index (χ1v) is 5.37. The lowest BCUT2D eigenvalue weighted by molar-refractivity contribution is -0.190. The zero-order valence-electron chi connectivity index (χ0n) is 8.88. The molecule has 0 aromatic rings. The second kappa shape index (κ2) is 4.64. The first-order valence-electron chi connectivity index (χ1n) is 5.37. The van der Waals surface area contributed by atoms with Crippen molar-refractivity contribution in [3.8, 4) is 0 Å². The number of rotatable bonds is 5. The average molecular weight is 184 g/mol. The lowest BCUT2D eigenvalue weighted by atomic mass is 9.84. The molecule has 0 saturated carbocycles. The molecule has 0 aromatic heterocycles. The molecule has 13 heavy (non-hydrogen) atoms. The first kappa shape index (κ1) is 10.6. The van der Waals surface area contributed by atoms with Crippen molar-refractivity contribution in [2.45, 2.75) is 52.6 Å². The summed E-state index contributed by atoms with van der Waals surface area (Å²) in [6.07, 6.45) is 4.84. The molecule has 2 atom stereocenters. The number of hydrogen-bond donors (Lipinski definition) is 0. The molecule has 1 aliphatic heterocycles. The molecule has 2 unspecified atom stereocenters. The number of unbranched alkanes of at least 4 members (excludes halogenated alkanes) is 2. The Morgan fingerprint density at radius 3 is 2.54 bits per heavy atom. The van der Waals surface area contributed by atoms with E-state index in [9.17, 15) is 4.79 Å². The molecule has 2 heteroatoms. The van der Waals surface area contributed by atoms with Crippen molar-refractivity contribution in [3.63, 3.8) is 0 Å². The molecule has 76 valence electrons. The van der Waals surface area contributed by atoms with Gasteiger partial charge in [0.2, 0.25) is 0 Å². The van der Waals surface area contributed by atoms with Crippen LogP contribution >= 0.6 is 0 Å². The Bertz CT molecular complexity index is 175. The van der Waals surface area contributed by atoms with Crippen LogP contribution in [0.4, 0.5) is 0 Å². The molecule has 0 aliphatic carbocycles. The fraction of sp³-hybridized carbons (Fsp3) is 0.909. The van der Waals surface area contributed by atoms with Crippen molar-refractivity contribution in [2.24, 2.45) is 11.8 Å². The van der Waals surface area contributed by atoms with Crippen LogP contribution in [0.5, 0.6) is 0 Å². The molecule has 1 heterocycles. The molecule has 0 radical (unpaired) electrons. The smallest absolute Gasteiger partial charge is 0.313 e. The fourth-order valence-electron chi connectivity index (χ4n) is 1.86. The molecule has 2 nitrogen and oxygen atoms in total. The molecule has 1 fully saturated rings. The second-order valence-corrected chi connectivity index (χ2v) is 4.25. The molecular formula is C11H20O2. The maximum Gasteiger partial charge on any atom is 0.313 e. The Morgan fingerprint density at radius 2 is 2.08 bits per heavy atom. The summed E-state index contributed by atoms with van der Waals surface area (Å²) in [5.41, 5.74) is 0. The molecular weight excluding hydrogens is 164 g/mol. The predicted molar refractivity (Wildman–Crippen MR) is 52.4 cm³/mol. The molecule has 1 rings (SSSR count). The van der Waals surface area contributed by atoms with E-state index in [4.69, 9.17) is 4.74 Å². The van der Waals surface area contributed by atoms with Gasteiger partial charge in [-0.2, -0.15) is 0 Å². The topological polar surface area (TPSA) is 26.3 Å². The van der Waals surface area contributed by atoms with E-state index >= 15 is 0 Å². The van der Waals surface area contributed by atoms with Gasteiger partial charge >= 0.3 is 5.97 Å². The van der Waals surface area contributed by atoms with Gasteiger partial charge in [-0.15, -0.1) is 0 Å². The minimum Gasteiger partial charge on any atom is -0.461 e. The third-order valence-electron chi connectivity index (χ3n) is 2.73. The van der Waals surface area contributed by atoms with Crippen LogP contribution in [0.3, 0.4) is 0 Å². The maximum absolute atomic E-state index is 11.1. The highest BCUT2D eigenvalue weighted by Gasteiger charge is 2.43. The fourth-order valence-corrected chi connectivity index (χ4v) is 1.86. The van der Waals surface area contributed by atoms with E-state index in [1.54, 1.807) is 0 Å². The van der Waals surface area contributed by atoms with E-state index in [0.717, 1.165) is 6.42 Å². The van der Waals surface area contributed by atoms with E-state index in [-0.39, 0.29) is 18.0 Å². The molecule has 0 bridgehead atoms. The molecule has 1 aliphatic rings. The van der Waals surface area contributed by atoms with Gasteiger partial charge in [-0.1, -0.05) is 40.0 Å². The summed E-state index contributed by atoms with van der Waals surface area (Å²) in [4.78, 5) is 11.1. The first-order chi connectivity index (χ1) is 6.16. The van der Waals surface area contributed by atoms with Gasteiger partial charge in [-0.3, -0.25) is 4.79 Å². The zero-order valence-corrected chi connectivity index (χ0v) is 8.88. The van der Waals surface area contributed by atoms with Crippen LogP contribution in [0.2, 0.25) is 0 Å². The van der Waals surface area contributed by atoms with Crippen LogP contribution in [0.25, 0.3) is 0 Å². The number of carbonyl (C=O) groups is 1. The number of ether oxygens (including phenoxy) is 1. The van der Waals surface area contributed by atoms with Gasteiger partial charge in [0.15, 0.2) is 0 Å². The van der Waals surface area contributed by atoms with Crippen molar-refractivity contribution >= 4 is 5.97 Å². The highest BCUT2D eigenvalue weighted by molar-refractivity contribution is 5.78.